The van der Waals surface area contributed by atoms with Gasteiger partial charge in [0.15, 0.2) is 5.82 Å². The van der Waals surface area contributed by atoms with Gasteiger partial charge in [-0.1, -0.05) is 35.5 Å². The first-order chi connectivity index (χ1) is 8.42. The quantitative estimate of drug-likeness (QED) is 0.871. The minimum absolute atomic E-state index is 0.420. The van der Waals surface area contributed by atoms with Crippen molar-refractivity contribution in [3.8, 4) is 0 Å². The molecule has 3 rings (SSSR count). The van der Waals surface area contributed by atoms with Crippen LogP contribution in [0.3, 0.4) is 0 Å². The van der Waals surface area contributed by atoms with Crippen LogP contribution in [-0.4, -0.2) is 23.2 Å². The number of benzene rings is 1. The van der Waals surface area contributed by atoms with E-state index in [1.54, 1.807) is 0 Å². The van der Waals surface area contributed by atoms with Gasteiger partial charge in [0.05, 0.1) is 6.42 Å². The van der Waals surface area contributed by atoms with Gasteiger partial charge in [0.1, 0.15) is 0 Å². The summed E-state index contributed by atoms with van der Waals surface area (Å²) < 4.78 is 5.29. The van der Waals surface area contributed by atoms with Crippen LogP contribution in [0.4, 0.5) is 0 Å². The molecule has 4 nitrogen and oxygen atoms in total. The lowest BCUT2D eigenvalue weighted by Crippen LogP contribution is -2.08. The second-order valence-corrected chi connectivity index (χ2v) is 4.40. The van der Waals surface area contributed by atoms with Gasteiger partial charge in [-0.3, -0.25) is 0 Å². The van der Waals surface area contributed by atoms with E-state index in [1.807, 2.05) is 18.2 Å². The van der Waals surface area contributed by atoms with E-state index in [0.717, 1.165) is 25.3 Å². The summed E-state index contributed by atoms with van der Waals surface area (Å²) in [5.41, 5.74) is 1.20. The Morgan fingerprint density at radius 3 is 2.94 bits per heavy atom. The Morgan fingerprint density at radius 1 is 1.29 bits per heavy atom. The Bertz CT molecular complexity index is 474. The molecule has 0 aliphatic carbocycles. The summed E-state index contributed by atoms with van der Waals surface area (Å²) in [5.74, 6) is 1.97. The molecule has 0 bridgehead atoms. The summed E-state index contributed by atoms with van der Waals surface area (Å²) in [6.45, 7) is 2.01. The highest BCUT2D eigenvalue weighted by atomic mass is 16.5. The number of hydrogen-bond donors (Lipinski definition) is 1. The molecule has 17 heavy (non-hydrogen) atoms. The first-order valence-corrected chi connectivity index (χ1v) is 5.99. The van der Waals surface area contributed by atoms with Gasteiger partial charge >= 0.3 is 0 Å². The zero-order valence-corrected chi connectivity index (χ0v) is 9.60. The monoisotopic (exact) mass is 229 g/mol. The number of aromatic nitrogens is 2. The lowest BCUT2D eigenvalue weighted by Gasteiger charge is -1.98. The molecule has 4 heteroatoms. The van der Waals surface area contributed by atoms with Gasteiger partial charge in [-0.25, -0.2) is 0 Å². The van der Waals surface area contributed by atoms with Crippen LogP contribution in [0.15, 0.2) is 34.9 Å². The molecule has 1 aromatic carbocycles. The van der Waals surface area contributed by atoms with Crippen molar-refractivity contribution in [1.82, 2.24) is 15.5 Å². The fourth-order valence-electron chi connectivity index (χ4n) is 2.15. The molecule has 88 valence electrons. The van der Waals surface area contributed by atoms with Crippen molar-refractivity contribution >= 4 is 0 Å². The van der Waals surface area contributed by atoms with Gasteiger partial charge in [-0.2, -0.15) is 4.98 Å². The summed E-state index contributed by atoms with van der Waals surface area (Å²) in [6, 6.07) is 10.2. The van der Waals surface area contributed by atoms with E-state index in [4.69, 9.17) is 4.52 Å². The SMILES string of the molecule is c1ccc(Cc2nc(C3CCNC3)no2)cc1. The van der Waals surface area contributed by atoms with Gasteiger partial charge in [-0.15, -0.1) is 0 Å². The summed E-state index contributed by atoms with van der Waals surface area (Å²) in [4.78, 5) is 4.47. The summed E-state index contributed by atoms with van der Waals surface area (Å²) in [5, 5.41) is 7.38. The van der Waals surface area contributed by atoms with Crippen molar-refractivity contribution in [2.45, 2.75) is 18.8 Å². The van der Waals surface area contributed by atoms with Crippen molar-refractivity contribution in [3.05, 3.63) is 47.6 Å². The van der Waals surface area contributed by atoms with Crippen LogP contribution in [-0.2, 0) is 6.42 Å². The maximum absolute atomic E-state index is 5.29. The van der Waals surface area contributed by atoms with E-state index < -0.39 is 0 Å². The predicted octanol–water partition coefficient (Wildman–Crippen LogP) is 1.74. The van der Waals surface area contributed by atoms with E-state index in [-0.39, 0.29) is 0 Å². The molecule has 2 heterocycles. The molecule has 2 aromatic rings. The number of nitrogens with one attached hydrogen (secondary N) is 1. The minimum atomic E-state index is 0.420. The third kappa shape index (κ3) is 2.36. The van der Waals surface area contributed by atoms with Crippen molar-refractivity contribution in [2.75, 3.05) is 13.1 Å². The highest BCUT2D eigenvalue weighted by molar-refractivity contribution is 5.18. The van der Waals surface area contributed by atoms with Gasteiger partial charge in [-0.05, 0) is 18.5 Å². The Kier molecular flexibility index (Phi) is 2.88. The van der Waals surface area contributed by atoms with Crippen molar-refractivity contribution in [2.24, 2.45) is 0 Å². The van der Waals surface area contributed by atoms with Gasteiger partial charge in [0.2, 0.25) is 5.89 Å². The minimum Gasteiger partial charge on any atom is -0.339 e. The molecular weight excluding hydrogens is 214 g/mol. The highest BCUT2D eigenvalue weighted by Gasteiger charge is 2.21. The van der Waals surface area contributed by atoms with Gasteiger partial charge < -0.3 is 9.84 Å². The van der Waals surface area contributed by atoms with Gasteiger partial charge in [0, 0.05) is 12.5 Å². The molecule has 1 aliphatic rings. The topological polar surface area (TPSA) is 51.0 Å². The summed E-state index contributed by atoms with van der Waals surface area (Å²) in [7, 11) is 0. The molecule has 1 aliphatic heterocycles. The average molecular weight is 229 g/mol. The molecule has 1 saturated heterocycles. The highest BCUT2D eigenvalue weighted by Crippen LogP contribution is 2.19. The normalized spacial score (nSPS) is 19.6. The van der Waals surface area contributed by atoms with Crippen LogP contribution in [0.1, 0.15) is 29.6 Å². The first kappa shape index (κ1) is 10.5. The summed E-state index contributed by atoms with van der Waals surface area (Å²) >= 11 is 0. The van der Waals surface area contributed by atoms with E-state index in [2.05, 4.69) is 27.6 Å². The molecule has 1 N–H and O–H groups in total. The maximum atomic E-state index is 5.29. The molecular formula is C13H15N3O. The Morgan fingerprint density at radius 2 is 2.18 bits per heavy atom. The van der Waals surface area contributed by atoms with Crippen LogP contribution >= 0.6 is 0 Å². The van der Waals surface area contributed by atoms with Crippen molar-refractivity contribution < 1.29 is 4.52 Å². The lowest BCUT2D eigenvalue weighted by atomic mass is 10.1. The van der Waals surface area contributed by atoms with E-state index in [1.165, 1.54) is 5.56 Å². The number of rotatable bonds is 3. The average Bonchev–Trinajstić information content (AvgIpc) is 3.00. The van der Waals surface area contributed by atoms with Gasteiger partial charge in [0.25, 0.3) is 0 Å². The molecule has 0 amide bonds. The van der Waals surface area contributed by atoms with E-state index in [9.17, 15) is 0 Å². The molecule has 0 radical (unpaired) electrons. The van der Waals surface area contributed by atoms with E-state index in [0.29, 0.717) is 18.2 Å². The number of hydrogen-bond acceptors (Lipinski definition) is 4. The lowest BCUT2D eigenvalue weighted by molar-refractivity contribution is 0.376. The molecule has 1 aromatic heterocycles. The van der Waals surface area contributed by atoms with Crippen LogP contribution in [0.25, 0.3) is 0 Å². The molecule has 1 atom stereocenters. The fraction of sp³-hybridized carbons (Fsp3) is 0.385. The zero-order chi connectivity index (χ0) is 11.5. The Labute approximate surface area is 100 Å². The smallest absolute Gasteiger partial charge is 0.231 e. The molecule has 1 fully saturated rings. The van der Waals surface area contributed by atoms with Crippen molar-refractivity contribution in [3.63, 3.8) is 0 Å². The fourth-order valence-corrected chi connectivity index (χ4v) is 2.15. The van der Waals surface area contributed by atoms with Crippen LogP contribution < -0.4 is 5.32 Å². The Hall–Kier alpha value is -1.68. The summed E-state index contributed by atoms with van der Waals surface area (Å²) in [6.07, 6.45) is 1.82. The zero-order valence-electron chi connectivity index (χ0n) is 9.60. The molecule has 0 saturated carbocycles. The van der Waals surface area contributed by atoms with Crippen molar-refractivity contribution in [1.29, 1.82) is 0 Å². The predicted molar refractivity (Wildman–Crippen MR) is 63.8 cm³/mol. The third-order valence-electron chi connectivity index (χ3n) is 3.11. The van der Waals surface area contributed by atoms with Crippen LogP contribution in [0.5, 0.6) is 0 Å². The second-order valence-electron chi connectivity index (χ2n) is 4.40. The second kappa shape index (κ2) is 4.67. The standard InChI is InChI=1S/C13H15N3O/c1-2-4-10(5-3-1)8-12-15-13(16-17-12)11-6-7-14-9-11/h1-5,11,14H,6-9H2. The largest absolute Gasteiger partial charge is 0.339 e. The van der Waals surface area contributed by atoms with Crippen LogP contribution in [0, 0.1) is 0 Å². The first-order valence-electron chi connectivity index (χ1n) is 5.99. The number of nitrogens with zero attached hydrogens (tertiary/aromatic N) is 2. The van der Waals surface area contributed by atoms with Crippen LogP contribution in [0.2, 0.25) is 0 Å². The third-order valence-corrected chi connectivity index (χ3v) is 3.11. The molecule has 0 spiro atoms. The van der Waals surface area contributed by atoms with E-state index >= 15 is 0 Å². The Balaban J connectivity index is 1.72. The maximum Gasteiger partial charge on any atom is 0.231 e. The molecule has 1 unspecified atom stereocenters.